The van der Waals surface area contributed by atoms with Crippen molar-refractivity contribution in [2.24, 2.45) is 0 Å². The molecule has 3 N–H and O–H groups in total. The van der Waals surface area contributed by atoms with E-state index in [-0.39, 0.29) is 29.6 Å². The quantitative estimate of drug-likeness (QED) is 0.303. The van der Waals surface area contributed by atoms with E-state index in [4.69, 9.17) is 14.8 Å². The van der Waals surface area contributed by atoms with Crippen LogP contribution >= 0.6 is 0 Å². The number of hydrogen-bond acceptors (Lipinski definition) is 5. The summed E-state index contributed by atoms with van der Waals surface area (Å²) in [5.41, 5.74) is -1.50. The van der Waals surface area contributed by atoms with Crippen molar-refractivity contribution in [2.75, 3.05) is 0 Å². The van der Waals surface area contributed by atoms with Crippen molar-refractivity contribution >= 4 is 22.3 Å². The molecule has 1 aromatic rings. The van der Waals surface area contributed by atoms with Crippen LogP contribution in [0.2, 0.25) is 0 Å². The predicted octanol–water partition coefficient (Wildman–Crippen LogP) is -2.93. The van der Waals surface area contributed by atoms with Gasteiger partial charge in [0.05, 0.1) is 5.75 Å². The van der Waals surface area contributed by atoms with Gasteiger partial charge in [0.15, 0.2) is 0 Å². The van der Waals surface area contributed by atoms with Crippen LogP contribution in [0.25, 0.3) is 0 Å². The molecule has 0 radical (unpaired) electrons. The van der Waals surface area contributed by atoms with Gasteiger partial charge in [0.1, 0.15) is 0 Å². The number of rotatable bonds is 4. The van der Waals surface area contributed by atoms with Crippen LogP contribution in [0, 0.1) is 6.07 Å². The van der Waals surface area contributed by atoms with E-state index in [0.29, 0.717) is 0 Å². The van der Waals surface area contributed by atoms with E-state index in [1.54, 1.807) is 0 Å². The van der Waals surface area contributed by atoms with Gasteiger partial charge >= 0.3 is 40.0 Å². The normalized spacial score (nSPS) is 10.3. The second-order valence-corrected chi connectivity index (χ2v) is 3.76. The van der Waals surface area contributed by atoms with E-state index in [1.165, 1.54) is 0 Å². The zero-order valence-electron chi connectivity index (χ0n) is 8.95. The van der Waals surface area contributed by atoms with Crippen molar-refractivity contribution in [3.8, 4) is 5.75 Å². The van der Waals surface area contributed by atoms with E-state index < -0.39 is 39.2 Å². The summed E-state index contributed by atoms with van der Waals surface area (Å²) >= 11 is 0. The van der Waals surface area contributed by atoms with Gasteiger partial charge in [-0.1, -0.05) is 0 Å². The topological polar surface area (TPSA) is 138 Å². The van der Waals surface area contributed by atoms with Crippen molar-refractivity contribution in [1.82, 2.24) is 0 Å². The monoisotopic (exact) mass is 284 g/mol. The molecular formula is C8H5NaO8S. The van der Waals surface area contributed by atoms with Crippen LogP contribution in [0.15, 0.2) is 12.1 Å². The molecule has 8 nitrogen and oxygen atoms in total. The van der Waals surface area contributed by atoms with Crippen molar-refractivity contribution in [2.45, 2.75) is 0 Å². The Labute approximate surface area is 123 Å². The summed E-state index contributed by atoms with van der Waals surface area (Å²) in [6, 6.07) is 3.83. The Kier molecular flexibility index (Phi) is 5.77. The van der Waals surface area contributed by atoms with Crippen LogP contribution in [-0.2, 0) is 10.4 Å². The van der Waals surface area contributed by atoms with Crippen LogP contribution in [0.5, 0.6) is 5.75 Å². The van der Waals surface area contributed by atoms with Crippen LogP contribution in [0.3, 0.4) is 0 Å². The predicted molar refractivity (Wildman–Crippen MR) is 51.4 cm³/mol. The molecule has 0 aromatic heterocycles. The Morgan fingerprint density at radius 1 is 1.11 bits per heavy atom. The SMILES string of the molecule is O=C(O)c1c[c-]cc(C(=O)O)c1OS(=O)(=O)O.[Na+]. The number of benzene rings is 1. The number of hydrogen-bond donors (Lipinski definition) is 3. The van der Waals surface area contributed by atoms with E-state index in [9.17, 15) is 18.0 Å². The van der Waals surface area contributed by atoms with Gasteiger partial charge in [-0.05, 0) is 11.1 Å². The molecule has 0 aliphatic carbocycles. The summed E-state index contributed by atoms with van der Waals surface area (Å²) < 4.78 is 33.3. The Morgan fingerprint density at radius 3 is 1.78 bits per heavy atom. The molecule has 1 rings (SSSR count). The van der Waals surface area contributed by atoms with E-state index >= 15 is 0 Å². The first kappa shape index (κ1) is 16.9. The zero-order valence-corrected chi connectivity index (χ0v) is 11.8. The molecule has 0 aliphatic heterocycles. The number of carboxylic acid groups (broad SMARTS) is 2. The van der Waals surface area contributed by atoms with E-state index in [2.05, 4.69) is 10.2 Å². The second-order valence-electron chi connectivity index (χ2n) is 2.73. The fraction of sp³-hybridized carbons (Fsp3) is 0. The van der Waals surface area contributed by atoms with Gasteiger partial charge in [0.2, 0.25) is 0 Å². The Morgan fingerprint density at radius 2 is 1.50 bits per heavy atom. The van der Waals surface area contributed by atoms with Gasteiger partial charge in [0, 0.05) is 0 Å². The first-order chi connectivity index (χ1) is 7.72. The zero-order chi connectivity index (χ0) is 13.2. The maximum atomic E-state index is 10.7. The van der Waals surface area contributed by atoms with Crippen molar-refractivity contribution in [3.05, 3.63) is 29.3 Å². The number of aromatic carboxylic acids is 2. The van der Waals surface area contributed by atoms with Gasteiger partial charge in [-0.2, -0.15) is 26.6 Å². The molecule has 0 saturated heterocycles. The Balaban J connectivity index is 0.00000289. The fourth-order valence-electron chi connectivity index (χ4n) is 0.997. The third-order valence-electron chi connectivity index (χ3n) is 1.59. The fourth-order valence-corrected chi connectivity index (χ4v) is 1.39. The maximum Gasteiger partial charge on any atom is 1.00 e. The molecule has 0 bridgehead atoms. The van der Waals surface area contributed by atoms with Crippen molar-refractivity contribution in [3.63, 3.8) is 0 Å². The minimum Gasteiger partial charge on any atom is -0.487 e. The third-order valence-corrected chi connectivity index (χ3v) is 1.97. The summed E-state index contributed by atoms with van der Waals surface area (Å²) in [7, 11) is -5.03. The maximum absolute atomic E-state index is 10.7. The summed E-state index contributed by atoms with van der Waals surface area (Å²) in [5.74, 6) is -4.22. The van der Waals surface area contributed by atoms with E-state index in [1.807, 2.05) is 0 Å². The van der Waals surface area contributed by atoms with E-state index in [0.717, 1.165) is 12.1 Å². The molecule has 0 aliphatic rings. The van der Waals surface area contributed by atoms with Crippen molar-refractivity contribution < 1.29 is 66.5 Å². The Bertz CT molecular complexity index is 547. The molecule has 18 heavy (non-hydrogen) atoms. The average Bonchev–Trinajstić information content (AvgIpc) is 2.14. The molecule has 0 atom stereocenters. The summed E-state index contributed by atoms with van der Waals surface area (Å²) in [6.45, 7) is 0. The Hall–Kier alpha value is -1.13. The van der Waals surface area contributed by atoms with Crippen LogP contribution in [-0.4, -0.2) is 35.1 Å². The first-order valence-corrected chi connectivity index (χ1v) is 5.26. The van der Waals surface area contributed by atoms with Crippen LogP contribution in [0.4, 0.5) is 0 Å². The summed E-state index contributed by atoms with van der Waals surface area (Å²) in [5, 5.41) is 17.4. The van der Waals surface area contributed by atoms with Gasteiger partial charge < -0.3 is 14.4 Å². The summed E-state index contributed by atoms with van der Waals surface area (Å²) in [4.78, 5) is 21.4. The summed E-state index contributed by atoms with van der Waals surface area (Å²) in [6.07, 6.45) is 0. The van der Waals surface area contributed by atoms with Crippen LogP contribution < -0.4 is 33.7 Å². The minimum absolute atomic E-state index is 0. The largest absolute Gasteiger partial charge is 1.00 e. The molecule has 0 amide bonds. The second kappa shape index (κ2) is 6.16. The molecule has 0 heterocycles. The molecule has 92 valence electrons. The molecule has 0 fully saturated rings. The van der Waals surface area contributed by atoms with Gasteiger partial charge in [-0.25, -0.2) is 0 Å². The van der Waals surface area contributed by atoms with Gasteiger partial charge in [0.25, 0.3) is 11.9 Å². The average molecular weight is 284 g/mol. The molecular weight excluding hydrogens is 279 g/mol. The first-order valence-electron chi connectivity index (χ1n) is 3.90. The van der Waals surface area contributed by atoms with Gasteiger partial charge in [-0.15, -0.1) is 0 Å². The molecule has 0 saturated carbocycles. The smallest absolute Gasteiger partial charge is 0.487 e. The molecule has 0 spiro atoms. The number of carboxylic acids is 2. The minimum atomic E-state index is -5.03. The molecule has 1 aromatic carbocycles. The molecule has 0 unspecified atom stereocenters. The standard InChI is InChI=1S/C8H5O8S.Na/c9-7(10)4-2-1-3-5(8(11)12)6(4)16-17(13,14)15;/h2-3H,(H,9,10)(H,11,12)(H,13,14,15);/q-1;+1. The molecule has 10 heteroatoms. The van der Waals surface area contributed by atoms with Crippen molar-refractivity contribution in [1.29, 1.82) is 0 Å². The van der Waals surface area contributed by atoms with Crippen LogP contribution in [0.1, 0.15) is 20.7 Å². The van der Waals surface area contributed by atoms with Gasteiger partial charge in [-0.3, -0.25) is 14.1 Å². The third kappa shape index (κ3) is 4.27. The number of carbonyl (C=O) groups is 2.